The molecule has 0 atom stereocenters. The van der Waals surface area contributed by atoms with Gasteiger partial charge >= 0.3 is 0 Å². The van der Waals surface area contributed by atoms with E-state index in [1.807, 2.05) is 48.5 Å². The number of thiazole rings is 1. The Morgan fingerprint density at radius 1 is 0.967 bits per heavy atom. The molecule has 6 nitrogen and oxygen atoms in total. The lowest BCUT2D eigenvalue weighted by atomic mass is 10.1. The molecule has 30 heavy (non-hydrogen) atoms. The van der Waals surface area contributed by atoms with Crippen molar-refractivity contribution in [2.75, 3.05) is 31.2 Å². The molecule has 7 heteroatoms. The molecular weight excluding hydrogens is 396 g/mol. The van der Waals surface area contributed by atoms with Gasteiger partial charge in [-0.3, -0.25) is 4.79 Å². The predicted molar refractivity (Wildman–Crippen MR) is 122 cm³/mol. The molecule has 0 spiro atoms. The number of hydrogen-bond donors (Lipinski definition) is 1. The van der Waals surface area contributed by atoms with Crippen molar-refractivity contribution in [3.05, 3.63) is 75.5 Å². The standard InChI is InChI=1S/C23H20N4O2S/c28-22-19(24-17-8-4-5-9-18(17)25-22)10-11-20-21(16-6-2-1-3-7-16)26-23(30-20)27-12-14-29-15-13-27/h1-11H,12-15H2,(H,25,28)/b11-10+. The SMILES string of the molecule is O=c1[nH]c2ccccc2nc1/C=C/c1sc(N2CCOCC2)nc1-c1ccccc1. The number of rotatable bonds is 4. The van der Waals surface area contributed by atoms with E-state index in [-0.39, 0.29) is 5.56 Å². The molecule has 4 aromatic rings. The highest BCUT2D eigenvalue weighted by Gasteiger charge is 2.18. The van der Waals surface area contributed by atoms with Crippen LogP contribution in [0.3, 0.4) is 0 Å². The molecule has 0 unspecified atom stereocenters. The Hall–Kier alpha value is -3.29. The van der Waals surface area contributed by atoms with Crippen molar-refractivity contribution >= 4 is 39.7 Å². The summed E-state index contributed by atoms with van der Waals surface area (Å²) >= 11 is 1.62. The highest BCUT2D eigenvalue weighted by atomic mass is 32.1. The summed E-state index contributed by atoms with van der Waals surface area (Å²) in [6, 6.07) is 17.6. The van der Waals surface area contributed by atoms with Crippen molar-refractivity contribution in [3.8, 4) is 11.3 Å². The lowest BCUT2D eigenvalue weighted by Crippen LogP contribution is -2.36. The van der Waals surface area contributed by atoms with Crippen LogP contribution in [0.15, 0.2) is 59.4 Å². The summed E-state index contributed by atoms with van der Waals surface area (Å²) in [4.78, 5) is 28.0. The monoisotopic (exact) mass is 416 g/mol. The Morgan fingerprint density at radius 3 is 2.57 bits per heavy atom. The van der Waals surface area contributed by atoms with E-state index < -0.39 is 0 Å². The average molecular weight is 417 g/mol. The number of hydrogen-bond acceptors (Lipinski definition) is 6. The number of morpholine rings is 1. The van der Waals surface area contributed by atoms with E-state index in [0.717, 1.165) is 45.4 Å². The van der Waals surface area contributed by atoms with Gasteiger partial charge in [0, 0.05) is 18.7 Å². The van der Waals surface area contributed by atoms with Gasteiger partial charge < -0.3 is 14.6 Å². The topological polar surface area (TPSA) is 71.1 Å². The zero-order valence-electron chi connectivity index (χ0n) is 16.2. The van der Waals surface area contributed by atoms with Gasteiger partial charge in [-0.1, -0.05) is 53.8 Å². The summed E-state index contributed by atoms with van der Waals surface area (Å²) < 4.78 is 5.47. The van der Waals surface area contributed by atoms with E-state index in [1.54, 1.807) is 17.4 Å². The predicted octanol–water partition coefficient (Wildman–Crippen LogP) is 4.05. The van der Waals surface area contributed by atoms with E-state index in [4.69, 9.17) is 9.72 Å². The summed E-state index contributed by atoms with van der Waals surface area (Å²) in [6.45, 7) is 3.08. The van der Waals surface area contributed by atoms with E-state index in [0.29, 0.717) is 18.9 Å². The number of ether oxygens (including phenoxy) is 1. The maximum Gasteiger partial charge on any atom is 0.274 e. The van der Waals surface area contributed by atoms with Crippen LogP contribution in [0.4, 0.5) is 5.13 Å². The van der Waals surface area contributed by atoms with Gasteiger partial charge in [0.25, 0.3) is 5.56 Å². The van der Waals surface area contributed by atoms with Gasteiger partial charge in [0.15, 0.2) is 5.13 Å². The number of fused-ring (bicyclic) bond motifs is 1. The smallest absolute Gasteiger partial charge is 0.274 e. The minimum atomic E-state index is -0.205. The number of aromatic nitrogens is 3. The minimum absolute atomic E-state index is 0.205. The molecule has 5 rings (SSSR count). The summed E-state index contributed by atoms with van der Waals surface area (Å²) in [7, 11) is 0. The Balaban J connectivity index is 1.55. The van der Waals surface area contributed by atoms with Crippen molar-refractivity contribution in [1.82, 2.24) is 15.0 Å². The third-order valence-corrected chi connectivity index (χ3v) is 6.07. The van der Waals surface area contributed by atoms with Crippen LogP contribution < -0.4 is 10.5 Å². The first-order valence-electron chi connectivity index (χ1n) is 9.84. The second-order valence-corrected chi connectivity index (χ2v) is 7.99. The van der Waals surface area contributed by atoms with E-state index >= 15 is 0 Å². The van der Waals surface area contributed by atoms with Crippen molar-refractivity contribution in [2.45, 2.75) is 0 Å². The lowest BCUT2D eigenvalue weighted by molar-refractivity contribution is 0.122. The molecule has 0 aliphatic carbocycles. The molecule has 1 aliphatic rings. The molecule has 1 N–H and O–H groups in total. The molecule has 2 aromatic carbocycles. The van der Waals surface area contributed by atoms with Crippen molar-refractivity contribution in [2.24, 2.45) is 0 Å². The number of para-hydroxylation sites is 2. The third kappa shape index (κ3) is 3.77. The summed E-state index contributed by atoms with van der Waals surface area (Å²) in [5.74, 6) is 0. The highest BCUT2D eigenvalue weighted by molar-refractivity contribution is 7.17. The molecule has 0 bridgehead atoms. The molecule has 3 heterocycles. The fourth-order valence-corrected chi connectivity index (χ4v) is 4.48. The Morgan fingerprint density at radius 2 is 1.73 bits per heavy atom. The minimum Gasteiger partial charge on any atom is -0.378 e. The summed E-state index contributed by atoms with van der Waals surface area (Å²) in [6.07, 6.45) is 3.71. The molecule has 1 saturated heterocycles. The number of H-pyrrole nitrogens is 1. The molecule has 1 aliphatic heterocycles. The van der Waals surface area contributed by atoms with Crippen LogP contribution >= 0.6 is 11.3 Å². The van der Waals surface area contributed by atoms with Crippen LogP contribution in [0.5, 0.6) is 0 Å². The maximum atomic E-state index is 12.5. The van der Waals surface area contributed by atoms with E-state index in [1.165, 1.54) is 0 Å². The van der Waals surface area contributed by atoms with Crippen molar-refractivity contribution in [3.63, 3.8) is 0 Å². The van der Waals surface area contributed by atoms with Gasteiger partial charge in [-0.2, -0.15) is 0 Å². The molecule has 1 fully saturated rings. The average Bonchev–Trinajstić information content (AvgIpc) is 3.23. The van der Waals surface area contributed by atoms with E-state index in [2.05, 4.69) is 27.0 Å². The van der Waals surface area contributed by atoms with Gasteiger partial charge in [0.2, 0.25) is 0 Å². The fraction of sp³-hybridized carbons (Fsp3) is 0.174. The molecule has 0 amide bonds. The van der Waals surface area contributed by atoms with Gasteiger partial charge in [-0.25, -0.2) is 9.97 Å². The van der Waals surface area contributed by atoms with Gasteiger partial charge in [-0.15, -0.1) is 0 Å². The Labute approximate surface area is 177 Å². The summed E-state index contributed by atoms with van der Waals surface area (Å²) in [5.41, 5.74) is 3.64. The van der Waals surface area contributed by atoms with Crippen LogP contribution in [0.1, 0.15) is 10.6 Å². The number of anilines is 1. The zero-order valence-corrected chi connectivity index (χ0v) is 17.1. The zero-order chi connectivity index (χ0) is 20.3. The second-order valence-electron chi connectivity index (χ2n) is 6.98. The first kappa shape index (κ1) is 18.7. The number of nitrogens with one attached hydrogen (secondary N) is 1. The molecule has 0 saturated carbocycles. The molecular formula is C23H20N4O2S. The Bertz CT molecular complexity index is 1260. The van der Waals surface area contributed by atoms with Crippen LogP contribution in [-0.4, -0.2) is 41.3 Å². The number of benzene rings is 2. The second kappa shape index (κ2) is 8.22. The lowest BCUT2D eigenvalue weighted by Gasteiger charge is -2.26. The van der Waals surface area contributed by atoms with Gasteiger partial charge in [0.05, 0.1) is 34.8 Å². The van der Waals surface area contributed by atoms with E-state index in [9.17, 15) is 4.79 Å². The van der Waals surface area contributed by atoms with Crippen molar-refractivity contribution in [1.29, 1.82) is 0 Å². The third-order valence-electron chi connectivity index (χ3n) is 4.99. The summed E-state index contributed by atoms with van der Waals surface area (Å²) in [5, 5.41) is 0.970. The fourth-order valence-electron chi connectivity index (χ4n) is 3.44. The normalized spacial score (nSPS) is 14.6. The van der Waals surface area contributed by atoms with Crippen molar-refractivity contribution < 1.29 is 4.74 Å². The van der Waals surface area contributed by atoms with Gasteiger partial charge in [0.1, 0.15) is 5.69 Å². The number of aromatic amines is 1. The first-order chi connectivity index (χ1) is 14.8. The molecule has 2 aromatic heterocycles. The first-order valence-corrected chi connectivity index (χ1v) is 10.7. The van der Waals surface area contributed by atoms with Crippen LogP contribution in [-0.2, 0) is 4.74 Å². The maximum absolute atomic E-state index is 12.5. The largest absolute Gasteiger partial charge is 0.378 e. The van der Waals surface area contributed by atoms with Crippen LogP contribution in [0.2, 0.25) is 0 Å². The highest BCUT2D eigenvalue weighted by Crippen LogP contribution is 2.34. The quantitative estimate of drug-likeness (QED) is 0.543. The van der Waals surface area contributed by atoms with Gasteiger partial charge in [-0.05, 0) is 24.3 Å². The number of nitrogens with zero attached hydrogens (tertiary/aromatic N) is 3. The molecule has 0 radical (unpaired) electrons. The Kier molecular flexibility index (Phi) is 5.13. The van der Waals surface area contributed by atoms with Crippen LogP contribution in [0, 0.1) is 0 Å². The van der Waals surface area contributed by atoms with Crippen LogP contribution in [0.25, 0.3) is 34.4 Å². The molecule has 150 valence electrons.